The molecule has 1 saturated heterocycles. The first-order valence-electron chi connectivity index (χ1n) is 6.14. The second kappa shape index (κ2) is 6.35. The van der Waals surface area contributed by atoms with Crippen LogP contribution in [0.2, 0.25) is 0 Å². The van der Waals surface area contributed by atoms with Crippen molar-refractivity contribution in [2.24, 2.45) is 11.7 Å². The molecule has 1 unspecified atom stereocenters. The van der Waals surface area contributed by atoms with Gasteiger partial charge >= 0.3 is 0 Å². The highest BCUT2D eigenvalue weighted by atomic mass is 32.2. The van der Waals surface area contributed by atoms with Gasteiger partial charge in [-0.2, -0.15) is 0 Å². The van der Waals surface area contributed by atoms with Crippen LogP contribution in [0.15, 0.2) is 0 Å². The molecule has 0 aliphatic carbocycles. The molecule has 100 valence electrons. The summed E-state index contributed by atoms with van der Waals surface area (Å²) in [4.78, 5) is 10.6. The number of carbonyl (C=O) groups excluding carboxylic acids is 1. The molecule has 5 nitrogen and oxygen atoms in total. The van der Waals surface area contributed by atoms with Crippen LogP contribution >= 0.6 is 0 Å². The summed E-state index contributed by atoms with van der Waals surface area (Å²) >= 11 is 0. The molecular formula is C11H22N2O3S. The summed E-state index contributed by atoms with van der Waals surface area (Å²) in [5.74, 6) is -0.120. The number of primary amides is 1. The molecule has 1 rings (SSSR count). The van der Waals surface area contributed by atoms with E-state index < -0.39 is 15.7 Å². The van der Waals surface area contributed by atoms with E-state index in [9.17, 15) is 13.2 Å². The van der Waals surface area contributed by atoms with Crippen LogP contribution in [0.25, 0.3) is 0 Å². The first-order chi connectivity index (χ1) is 7.93. The molecule has 1 heterocycles. The lowest BCUT2D eigenvalue weighted by atomic mass is 9.95. The zero-order valence-corrected chi connectivity index (χ0v) is 11.1. The minimum Gasteiger partial charge on any atom is -0.370 e. The Bertz CT molecular complexity index is 348. The molecule has 6 heteroatoms. The fourth-order valence-electron chi connectivity index (χ4n) is 2.24. The Kier molecular flexibility index (Phi) is 5.39. The van der Waals surface area contributed by atoms with E-state index in [0.29, 0.717) is 6.42 Å². The second-order valence-corrected chi connectivity index (χ2v) is 7.21. The number of carbonyl (C=O) groups is 1. The topological polar surface area (TPSA) is 89.3 Å². The van der Waals surface area contributed by atoms with Gasteiger partial charge in [0.1, 0.15) is 0 Å². The van der Waals surface area contributed by atoms with E-state index in [1.54, 1.807) is 6.92 Å². The average Bonchev–Trinajstić information content (AvgIpc) is 2.28. The Morgan fingerprint density at radius 2 is 2.00 bits per heavy atom. The largest absolute Gasteiger partial charge is 0.370 e. The van der Waals surface area contributed by atoms with Crippen molar-refractivity contribution >= 4 is 15.7 Å². The van der Waals surface area contributed by atoms with Gasteiger partial charge in [-0.3, -0.25) is 4.79 Å². The minimum atomic E-state index is -3.09. The summed E-state index contributed by atoms with van der Waals surface area (Å²) in [6.45, 7) is 3.58. The fourth-order valence-corrected chi connectivity index (χ4v) is 4.02. The molecule has 0 saturated carbocycles. The third-order valence-corrected chi connectivity index (χ3v) is 5.84. The lowest BCUT2D eigenvalue weighted by molar-refractivity contribution is -0.118. The van der Waals surface area contributed by atoms with Crippen molar-refractivity contribution in [2.45, 2.75) is 37.9 Å². The molecule has 0 aromatic heterocycles. The molecule has 3 N–H and O–H groups in total. The number of sulfone groups is 1. The van der Waals surface area contributed by atoms with Gasteiger partial charge in [-0.05, 0) is 45.2 Å². The Balaban J connectivity index is 2.47. The van der Waals surface area contributed by atoms with Gasteiger partial charge in [0.05, 0.1) is 11.0 Å². The summed E-state index contributed by atoms with van der Waals surface area (Å²) in [6, 6.07) is 0. The van der Waals surface area contributed by atoms with Crippen LogP contribution in [0.3, 0.4) is 0 Å². The quantitative estimate of drug-likeness (QED) is 0.708. The number of amides is 1. The molecule has 0 aromatic carbocycles. The van der Waals surface area contributed by atoms with Gasteiger partial charge in [0.2, 0.25) is 5.91 Å². The molecule has 1 amide bonds. The third kappa shape index (κ3) is 4.63. The number of rotatable bonds is 6. The number of hydrogen-bond donors (Lipinski definition) is 2. The van der Waals surface area contributed by atoms with E-state index in [2.05, 4.69) is 5.32 Å². The van der Waals surface area contributed by atoms with Gasteiger partial charge in [0.25, 0.3) is 0 Å². The standard InChI is InChI=1S/C11H22N2O3S/c1-9(10-4-6-13-7-5-10)17(15,16)8-2-3-11(12)14/h9-10,13H,2-8H2,1H3,(H2,12,14). The van der Waals surface area contributed by atoms with Crippen LogP contribution in [-0.2, 0) is 14.6 Å². The molecule has 1 atom stereocenters. The Hall–Kier alpha value is -0.620. The molecule has 0 aromatic rings. The van der Waals surface area contributed by atoms with Crippen LogP contribution in [0.4, 0.5) is 0 Å². The van der Waals surface area contributed by atoms with Crippen molar-refractivity contribution in [3.8, 4) is 0 Å². The molecule has 0 bridgehead atoms. The highest BCUT2D eigenvalue weighted by Crippen LogP contribution is 2.22. The maximum Gasteiger partial charge on any atom is 0.217 e. The molecule has 1 aliphatic heterocycles. The zero-order valence-electron chi connectivity index (χ0n) is 10.3. The lowest BCUT2D eigenvalue weighted by Gasteiger charge is -2.28. The van der Waals surface area contributed by atoms with E-state index in [1.165, 1.54) is 0 Å². The van der Waals surface area contributed by atoms with Crippen LogP contribution in [0.5, 0.6) is 0 Å². The van der Waals surface area contributed by atoms with Gasteiger partial charge < -0.3 is 11.1 Å². The average molecular weight is 262 g/mol. The van der Waals surface area contributed by atoms with E-state index in [4.69, 9.17) is 5.73 Å². The molecule has 1 aliphatic rings. The van der Waals surface area contributed by atoms with Crippen molar-refractivity contribution in [2.75, 3.05) is 18.8 Å². The van der Waals surface area contributed by atoms with Crippen molar-refractivity contribution in [3.63, 3.8) is 0 Å². The number of piperidine rings is 1. The summed E-state index contributed by atoms with van der Waals surface area (Å²) in [5, 5.41) is 2.92. The van der Waals surface area contributed by atoms with Gasteiger partial charge in [0, 0.05) is 6.42 Å². The molecule has 0 radical (unpaired) electrons. The molecule has 17 heavy (non-hydrogen) atoms. The lowest BCUT2D eigenvalue weighted by Crippen LogP contribution is -2.37. The number of nitrogens with one attached hydrogen (secondary N) is 1. The Morgan fingerprint density at radius 1 is 1.41 bits per heavy atom. The van der Waals surface area contributed by atoms with Gasteiger partial charge in [0.15, 0.2) is 9.84 Å². The summed E-state index contributed by atoms with van der Waals surface area (Å²) in [6.07, 6.45) is 2.32. The van der Waals surface area contributed by atoms with Crippen LogP contribution in [0.1, 0.15) is 32.6 Å². The summed E-state index contributed by atoms with van der Waals surface area (Å²) < 4.78 is 24.1. The smallest absolute Gasteiger partial charge is 0.217 e. The van der Waals surface area contributed by atoms with Crippen LogP contribution in [0, 0.1) is 5.92 Å². The van der Waals surface area contributed by atoms with E-state index in [-0.39, 0.29) is 23.3 Å². The maximum atomic E-state index is 12.0. The fraction of sp³-hybridized carbons (Fsp3) is 0.909. The predicted octanol–water partition coefficient (Wildman–Crippen LogP) is 0.0548. The summed E-state index contributed by atoms with van der Waals surface area (Å²) in [5.41, 5.74) is 5.00. The predicted molar refractivity (Wildman–Crippen MR) is 67.3 cm³/mol. The maximum absolute atomic E-state index is 12.0. The van der Waals surface area contributed by atoms with Gasteiger partial charge in [-0.25, -0.2) is 8.42 Å². The highest BCUT2D eigenvalue weighted by molar-refractivity contribution is 7.92. The second-order valence-electron chi connectivity index (χ2n) is 4.73. The molecule has 1 fully saturated rings. The monoisotopic (exact) mass is 262 g/mol. The number of hydrogen-bond acceptors (Lipinski definition) is 4. The summed E-state index contributed by atoms with van der Waals surface area (Å²) in [7, 11) is -3.09. The van der Waals surface area contributed by atoms with Crippen LogP contribution < -0.4 is 11.1 Å². The van der Waals surface area contributed by atoms with Crippen molar-refractivity contribution < 1.29 is 13.2 Å². The van der Waals surface area contributed by atoms with Crippen LogP contribution in [-0.4, -0.2) is 38.4 Å². The van der Waals surface area contributed by atoms with Gasteiger partial charge in [-0.15, -0.1) is 0 Å². The van der Waals surface area contributed by atoms with Crippen molar-refractivity contribution in [3.05, 3.63) is 0 Å². The SMILES string of the molecule is CC(C1CCNCC1)S(=O)(=O)CCCC(N)=O. The van der Waals surface area contributed by atoms with Crippen molar-refractivity contribution in [1.82, 2.24) is 5.32 Å². The van der Waals surface area contributed by atoms with E-state index in [0.717, 1.165) is 25.9 Å². The third-order valence-electron chi connectivity index (χ3n) is 3.47. The highest BCUT2D eigenvalue weighted by Gasteiger charge is 2.29. The Labute approximate surface area is 103 Å². The van der Waals surface area contributed by atoms with Gasteiger partial charge in [-0.1, -0.05) is 0 Å². The first kappa shape index (κ1) is 14.4. The Morgan fingerprint density at radius 3 is 2.53 bits per heavy atom. The normalized spacial score (nSPS) is 20.1. The van der Waals surface area contributed by atoms with Crippen molar-refractivity contribution in [1.29, 1.82) is 0 Å². The molecular weight excluding hydrogens is 240 g/mol. The number of nitrogens with two attached hydrogens (primary N) is 1. The minimum absolute atomic E-state index is 0.0705. The van der Waals surface area contributed by atoms with E-state index in [1.807, 2.05) is 0 Å². The van der Waals surface area contributed by atoms with E-state index >= 15 is 0 Å². The molecule has 0 spiro atoms. The first-order valence-corrected chi connectivity index (χ1v) is 7.85. The zero-order chi connectivity index (χ0) is 12.9.